The largest absolute Gasteiger partial charge is 0.388 e. The van der Waals surface area contributed by atoms with Crippen LogP contribution in [0.3, 0.4) is 0 Å². The Balaban J connectivity index is 2.40. The maximum atomic E-state index is 5.55. The molecule has 3 nitrogen and oxygen atoms in total. The van der Waals surface area contributed by atoms with Crippen LogP contribution in [0.1, 0.15) is 16.8 Å². The number of nitrogens with one attached hydrogen (secondary N) is 1. The van der Waals surface area contributed by atoms with Crippen molar-refractivity contribution in [2.75, 3.05) is 26.6 Å². The highest BCUT2D eigenvalue weighted by molar-refractivity contribution is 7.48. The van der Waals surface area contributed by atoms with E-state index in [1.54, 1.807) is 14.2 Å². The maximum Gasteiger partial charge on any atom is 0.182 e. The Hall–Kier alpha value is -1.41. The summed E-state index contributed by atoms with van der Waals surface area (Å²) < 4.78 is 11.1. The molecule has 0 spiro atoms. The SMILES string of the molecule is CNc1ccc(C(c2ccccc2)P(OC)OC)cc1. The third-order valence-corrected chi connectivity index (χ3v) is 4.94. The molecule has 0 aliphatic rings. The van der Waals surface area contributed by atoms with Crippen molar-refractivity contribution in [2.45, 2.75) is 5.66 Å². The van der Waals surface area contributed by atoms with Crippen molar-refractivity contribution in [2.24, 2.45) is 0 Å². The normalized spacial score (nSPS) is 12.4. The molecule has 2 rings (SSSR count). The van der Waals surface area contributed by atoms with Gasteiger partial charge in [0.1, 0.15) is 0 Å². The van der Waals surface area contributed by atoms with Crippen LogP contribution >= 0.6 is 8.38 Å². The van der Waals surface area contributed by atoms with E-state index in [0.29, 0.717) is 0 Å². The lowest BCUT2D eigenvalue weighted by molar-refractivity contribution is 0.335. The van der Waals surface area contributed by atoms with Crippen LogP contribution in [0.2, 0.25) is 0 Å². The number of benzene rings is 2. The molecule has 1 N–H and O–H groups in total. The third-order valence-electron chi connectivity index (χ3n) is 3.20. The topological polar surface area (TPSA) is 30.5 Å². The van der Waals surface area contributed by atoms with Gasteiger partial charge in [0.05, 0.1) is 5.66 Å². The highest BCUT2D eigenvalue weighted by atomic mass is 31.2. The predicted octanol–water partition coefficient (Wildman–Crippen LogP) is 4.42. The van der Waals surface area contributed by atoms with Gasteiger partial charge in [0, 0.05) is 27.0 Å². The number of anilines is 1. The van der Waals surface area contributed by atoms with E-state index >= 15 is 0 Å². The smallest absolute Gasteiger partial charge is 0.182 e. The second-order valence-electron chi connectivity index (χ2n) is 4.34. The van der Waals surface area contributed by atoms with Gasteiger partial charge in [0.15, 0.2) is 8.38 Å². The first kappa shape index (κ1) is 15.0. The molecule has 1 unspecified atom stereocenters. The van der Waals surface area contributed by atoms with Gasteiger partial charge in [-0.05, 0) is 23.3 Å². The van der Waals surface area contributed by atoms with E-state index in [0.717, 1.165) is 5.69 Å². The Bertz CT molecular complexity index is 512. The van der Waals surface area contributed by atoms with E-state index < -0.39 is 8.38 Å². The summed E-state index contributed by atoms with van der Waals surface area (Å²) in [4.78, 5) is 0. The minimum absolute atomic E-state index is 0.118. The van der Waals surface area contributed by atoms with Crippen LogP contribution in [-0.2, 0) is 9.05 Å². The summed E-state index contributed by atoms with van der Waals surface area (Å²) in [6.45, 7) is 0. The lowest BCUT2D eigenvalue weighted by Crippen LogP contribution is -2.02. The van der Waals surface area contributed by atoms with Crippen molar-refractivity contribution >= 4 is 14.1 Å². The van der Waals surface area contributed by atoms with E-state index in [1.165, 1.54) is 11.1 Å². The molecule has 0 bridgehead atoms. The fourth-order valence-corrected chi connectivity index (χ4v) is 3.59. The van der Waals surface area contributed by atoms with Crippen LogP contribution in [0.25, 0.3) is 0 Å². The highest BCUT2D eigenvalue weighted by Crippen LogP contribution is 2.55. The van der Waals surface area contributed by atoms with E-state index in [2.05, 4.69) is 41.7 Å². The van der Waals surface area contributed by atoms with E-state index in [4.69, 9.17) is 9.05 Å². The standard InChI is InChI=1S/C16H20NO2P/c1-17-15-11-9-14(10-12-15)16(20(18-2)19-3)13-7-5-4-6-8-13/h4-12,16-17H,1-3H3. The summed E-state index contributed by atoms with van der Waals surface area (Å²) in [5.41, 5.74) is 3.62. The van der Waals surface area contributed by atoms with Gasteiger partial charge in [-0.3, -0.25) is 0 Å². The Morgan fingerprint density at radius 1 is 0.850 bits per heavy atom. The van der Waals surface area contributed by atoms with Crippen LogP contribution in [0.4, 0.5) is 5.69 Å². The monoisotopic (exact) mass is 289 g/mol. The summed E-state index contributed by atoms with van der Waals surface area (Å²) in [6.07, 6.45) is 0. The minimum atomic E-state index is -1.01. The molecule has 4 heteroatoms. The van der Waals surface area contributed by atoms with Crippen molar-refractivity contribution in [1.29, 1.82) is 0 Å². The van der Waals surface area contributed by atoms with Crippen molar-refractivity contribution in [3.05, 3.63) is 65.7 Å². The van der Waals surface area contributed by atoms with Gasteiger partial charge in [-0.1, -0.05) is 42.5 Å². The zero-order chi connectivity index (χ0) is 14.4. The van der Waals surface area contributed by atoms with E-state index in [-0.39, 0.29) is 5.66 Å². The van der Waals surface area contributed by atoms with Crippen LogP contribution in [-0.4, -0.2) is 21.3 Å². The Labute approximate surface area is 121 Å². The van der Waals surface area contributed by atoms with Crippen molar-refractivity contribution < 1.29 is 9.05 Å². The van der Waals surface area contributed by atoms with Gasteiger partial charge in [-0.2, -0.15) is 0 Å². The molecular formula is C16H20NO2P. The van der Waals surface area contributed by atoms with Crippen LogP contribution < -0.4 is 5.32 Å². The average Bonchev–Trinajstić information content (AvgIpc) is 2.53. The molecular weight excluding hydrogens is 269 g/mol. The van der Waals surface area contributed by atoms with Crippen LogP contribution in [0, 0.1) is 0 Å². The van der Waals surface area contributed by atoms with Crippen molar-refractivity contribution in [3.8, 4) is 0 Å². The molecule has 2 aromatic rings. The quantitative estimate of drug-likeness (QED) is 0.798. The van der Waals surface area contributed by atoms with Gasteiger partial charge in [0.25, 0.3) is 0 Å². The summed E-state index contributed by atoms with van der Waals surface area (Å²) in [6, 6.07) is 18.7. The molecule has 0 radical (unpaired) electrons. The van der Waals surface area contributed by atoms with Gasteiger partial charge < -0.3 is 14.4 Å². The fourth-order valence-electron chi connectivity index (χ4n) is 2.19. The zero-order valence-corrected chi connectivity index (χ0v) is 12.9. The van der Waals surface area contributed by atoms with Gasteiger partial charge in [0.2, 0.25) is 0 Å². The van der Waals surface area contributed by atoms with Crippen molar-refractivity contribution in [1.82, 2.24) is 0 Å². The summed E-state index contributed by atoms with van der Waals surface area (Å²) in [5, 5.41) is 3.13. The Morgan fingerprint density at radius 2 is 1.40 bits per heavy atom. The second kappa shape index (κ2) is 7.39. The molecule has 0 saturated heterocycles. The average molecular weight is 289 g/mol. The Morgan fingerprint density at radius 3 is 1.90 bits per heavy atom. The minimum Gasteiger partial charge on any atom is -0.388 e. The lowest BCUT2D eigenvalue weighted by atomic mass is 10.0. The molecule has 2 aromatic carbocycles. The van der Waals surface area contributed by atoms with Crippen LogP contribution in [0.5, 0.6) is 0 Å². The molecule has 0 fully saturated rings. The van der Waals surface area contributed by atoms with Crippen LogP contribution in [0.15, 0.2) is 54.6 Å². The lowest BCUT2D eigenvalue weighted by Gasteiger charge is -2.24. The molecule has 0 aliphatic heterocycles. The van der Waals surface area contributed by atoms with E-state index in [1.807, 2.05) is 25.2 Å². The van der Waals surface area contributed by atoms with Gasteiger partial charge >= 0.3 is 0 Å². The highest BCUT2D eigenvalue weighted by Gasteiger charge is 2.25. The first-order chi connectivity index (χ1) is 9.80. The Kier molecular flexibility index (Phi) is 5.54. The second-order valence-corrected chi connectivity index (χ2v) is 6.15. The van der Waals surface area contributed by atoms with E-state index in [9.17, 15) is 0 Å². The third kappa shape index (κ3) is 3.37. The first-order valence-electron chi connectivity index (χ1n) is 6.50. The summed E-state index contributed by atoms with van der Waals surface area (Å²) >= 11 is 0. The molecule has 0 heterocycles. The summed E-state index contributed by atoms with van der Waals surface area (Å²) in [5.74, 6) is 0. The molecule has 0 amide bonds. The molecule has 1 atom stereocenters. The summed E-state index contributed by atoms with van der Waals surface area (Å²) in [7, 11) is 4.31. The van der Waals surface area contributed by atoms with Gasteiger partial charge in [-0.15, -0.1) is 0 Å². The fraction of sp³-hybridized carbons (Fsp3) is 0.250. The molecule has 106 valence electrons. The zero-order valence-electron chi connectivity index (χ0n) is 12.0. The molecule has 0 saturated carbocycles. The molecule has 20 heavy (non-hydrogen) atoms. The van der Waals surface area contributed by atoms with Gasteiger partial charge in [-0.25, -0.2) is 0 Å². The number of hydrogen-bond acceptors (Lipinski definition) is 3. The number of rotatable bonds is 6. The molecule has 0 aromatic heterocycles. The molecule has 0 aliphatic carbocycles. The predicted molar refractivity (Wildman–Crippen MR) is 85.2 cm³/mol. The van der Waals surface area contributed by atoms with Crippen molar-refractivity contribution in [3.63, 3.8) is 0 Å². The first-order valence-corrected chi connectivity index (χ1v) is 7.75. The maximum absolute atomic E-state index is 5.55. The number of hydrogen-bond donors (Lipinski definition) is 1.